The lowest BCUT2D eigenvalue weighted by Gasteiger charge is -2.34. The molecule has 0 bridgehead atoms. The number of nitriles is 1. The van der Waals surface area contributed by atoms with E-state index in [4.69, 9.17) is 14.4 Å². The van der Waals surface area contributed by atoms with Crippen LogP contribution in [0.25, 0.3) is 0 Å². The molecule has 1 fully saturated rings. The largest absolute Gasteiger partial charge is 0.465 e. The lowest BCUT2D eigenvalue weighted by atomic mass is 10.1. The number of hydrogen-bond acceptors (Lipinski definition) is 7. The van der Waals surface area contributed by atoms with Crippen molar-refractivity contribution in [1.29, 1.82) is 5.26 Å². The zero-order chi connectivity index (χ0) is 24.1. The van der Waals surface area contributed by atoms with Crippen LogP contribution in [-0.2, 0) is 13.0 Å². The van der Waals surface area contributed by atoms with Crippen LogP contribution in [0.4, 0.5) is 17.5 Å². The van der Waals surface area contributed by atoms with Gasteiger partial charge in [-0.15, -0.1) is 0 Å². The van der Waals surface area contributed by atoms with Crippen LogP contribution in [0.1, 0.15) is 60.1 Å². The van der Waals surface area contributed by atoms with Crippen LogP contribution in [-0.4, -0.2) is 29.1 Å². The number of nitrogens with zero attached hydrogens (tertiary/aromatic N) is 4. The van der Waals surface area contributed by atoms with Crippen molar-refractivity contribution in [3.05, 3.63) is 64.2 Å². The fourth-order valence-electron chi connectivity index (χ4n) is 4.37. The summed E-state index contributed by atoms with van der Waals surface area (Å²) in [6.45, 7) is 10.8. The first-order chi connectivity index (χ1) is 16.4. The van der Waals surface area contributed by atoms with E-state index in [0.29, 0.717) is 17.6 Å². The minimum Gasteiger partial charge on any atom is -0.465 e. The minimum atomic E-state index is 0.371. The Morgan fingerprint density at radius 1 is 1.15 bits per heavy atom. The third-order valence-corrected chi connectivity index (χ3v) is 6.41. The highest BCUT2D eigenvalue weighted by molar-refractivity contribution is 5.59. The van der Waals surface area contributed by atoms with Gasteiger partial charge in [0.15, 0.2) is 0 Å². The predicted molar refractivity (Wildman–Crippen MR) is 135 cm³/mol. The van der Waals surface area contributed by atoms with Crippen molar-refractivity contribution in [2.24, 2.45) is 0 Å². The van der Waals surface area contributed by atoms with Crippen molar-refractivity contribution in [2.75, 3.05) is 23.3 Å². The lowest BCUT2D eigenvalue weighted by molar-refractivity contribution is 0.389. The first-order valence-electron chi connectivity index (χ1n) is 12.1. The highest BCUT2D eigenvalue weighted by Gasteiger charge is 2.22. The summed E-state index contributed by atoms with van der Waals surface area (Å²) in [5.74, 6) is 3.50. The molecule has 0 amide bonds. The van der Waals surface area contributed by atoms with Crippen molar-refractivity contribution in [3.63, 3.8) is 0 Å². The quantitative estimate of drug-likeness (QED) is 0.472. The van der Waals surface area contributed by atoms with Crippen LogP contribution in [0.2, 0.25) is 0 Å². The molecule has 0 aliphatic carbocycles. The highest BCUT2D eigenvalue weighted by atomic mass is 16.3. The monoisotopic (exact) mass is 458 g/mol. The molecule has 7 heteroatoms. The summed E-state index contributed by atoms with van der Waals surface area (Å²) in [5.41, 5.74) is 4.66. The Kier molecular flexibility index (Phi) is 7.49. The smallest absolute Gasteiger partial charge is 0.229 e. The number of piperidine rings is 1. The molecule has 1 atom stereocenters. The maximum Gasteiger partial charge on any atom is 0.229 e. The molecule has 178 valence electrons. The van der Waals surface area contributed by atoms with Crippen molar-refractivity contribution in [1.82, 2.24) is 15.3 Å². The summed E-state index contributed by atoms with van der Waals surface area (Å²) < 4.78 is 5.83. The van der Waals surface area contributed by atoms with Crippen LogP contribution in [0.15, 0.2) is 34.7 Å². The maximum atomic E-state index is 9.37. The van der Waals surface area contributed by atoms with Crippen LogP contribution >= 0.6 is 0 Å². The predicted octanol–water partition coefficient (Wildman–Crippen LogP) is 5.32. The van der Waals surface area contributed by atoms with Crippen molar-refractivity contribution >= 4 is 17.5 Å². The van der Waals surface area contributed by atoms with E-state index in [-0.39, 0.29) is 0 Å². The second-order valence-corrected chi connectivity index (χ2v) is 9.18. The van der Waals surface area contributed by atoms with Gasteiger partial charge >= 0.3 is 0 Å². The van der Waals surface area contributed by atoms with E-state index < -0.39 is 0 Å². The number of aryl methyl sites for hydroxylation is 4. The first kappa shape index (κ1) is 23.8. The van der Waals surface area contributed by atoms with Gasteiger partial charge in [-0.1, -0.05) is 19.4 Å². The fraction of sp³-hybridized carbons (Fsp3) is 0.444. The molecule has 0 radical (unpaired) electrons. The molecule has 0 spiro atoms. The number of furan rings is 1. The molecular formula is C27H34N6O. The molecule has 3 aromatic rings. The summed E-state index contributed by atoms with van der Waals surface area (Å²) >= 11 is 0. The Balaban J connectivity index is 1.49. The number of rotatable bonds is 8. The van der Waals surface area contributed by atoms with E-state index in [1.165, 1.54) is 5.56 Å². The number of nitrogens with one attached hydrogen (secondary N) is 2. The number of hydrogen-bond donors (Lipinski definition) is 2. The molecule has 0 saturated carbocycles. The Morgan fingerprint density at radius 2 is 2.00 bits per heavy atom. The average molecular weight is 459 g/mol. The van der Waals surface area contributed by atoms with Gasteiger partial charge in [-0.2, -0.15) is 10.2 Å². The topological polar surface area (TPSA) is 90.0 Å². The molecule has 1 aromatic carbocycles. The van der Waals surface area contributed by atoms with E-state index in [0.717, 1.165) is 79.6 Å². The second-order valence-electron chi connectivity index (χ2n) is 9.18. The molecule has 2 aromatic heterocycles. The van der Waals surface area contributed by atoms with Gasteiger partial charge in [0.05, 0.1) is 18.2 Å². The normalized spacial score (nSPS) is 15.9. The highest BCUT2D eigenvalue weighted by Crippen LogP contribution is 2.24. The zero-order valence-electron chi connectivity index (χ0n) is 20.6. The minimum absolute atomic E-state index is 0.371. The lowest BCUT2D eigenvalue weighted by Crippen LogP contribution is -2.45. The maximum absolute atomic E-state index is 9.37. The molecule has 4 rings (SSSR count). The summed E-state index contributed by atoms with van der Waals surface area (Å²) in [5, 5.41) is 16.4. The summed E-state index contributed by atoms with van der Waals surface area (Å²) in [4.78, 5) is 11.9. The molecule has 7 nitrogen and oxygen atoms in total. The van der Waals surface area contributed by atoms with Gasteiger partial charge in [0.2, 0.25) is 5.95 Å². The molecule has 34 heavy (non-hydrogen) atoms. The van der Waals surface area contributed by atoms with Gasteiger partial charge < -0.3 is 20.0 Å². The van der Waals surface area contributed by atoms with Gasteiger partial charge in [-0.05, 0) is 69.4 Å². The summed E-state index contributed by atoms with van der Waals surface area (Å²) in [7, 11) is 0. The molecule has 1 aliphatic heterocycles. The Hall–Kier alpha value is -3.37. The van der Waals surface area contributed by atoms with Gasteiger partial charge in [-0.3, -0.25) is 0 Å². The summed E-state index contributed by atoms with van der Waals surface area (Å²) in [6, 6.07) is 12.6. The Labute approximate surface area is 202 Å². The number of aromatic nitrogens is 2. The van der Waals surface area contributed by atoms with Crippen LogP contribution in [0.5, 0.6) is 0 Å². The molecule has 1 saturated heterocycles. The van der Waals surface area contributed by atoms with Crippen LogP contribution in [0, 0.1) is 32.1 Å². The van der Waals surface area contributed by atoms with Crippen molar-refractivity contribution in [3.8, 4) is 6.07 Å². The third-order valence-electron chi connectivity index (χ3n) is 6.41. The van der Waals surface area contributed by atoms with Crippen molar-refractivity contribution in [2.45, 2.75) is 66.0 Å². The molecular weight excluding hydrogens is 424 g/mol. The Morgan fingerprint density at radius 3 is 2.74 bits per heavy atom. The zero-order valence-corrected chi connectivity index (χ0v) is 20.6. The standard InChI is InChI=1S/C27H34N6O/c1-5-7-22-14-26(32-27(30-22)31-23-10-9-18(2)21(13-23)15-28)33-11-6-8-24(17-33)29-16-25-12-19(3)20(4)34-25/h9-10,12-14,24,29H,5-8,11,16-17H2,1-4H3,(H,30,31,32)/t24-/m0/s1. The van der Waals surface area contributed by atoms with E-state index in [9.17, 15) is 5.26 Å². The van der Waals surface area contributed by atoms with Gasteiger partial charge in [-0.25, -0.2) is 4.98 Å². The van der Waals surface area contributed by atoms with Crippen molar-refractivity contribution < 1.29 is 4.42 Å². The van der Waals surface area contributed by atoms with Crippen LogP contribution in [0.3, 0.4) is 0 Å². The molecule has 1 aliphatic rings. The third kappa shape index (κ3) is 5.75. The van der Waals surface area contributed by atoms with Gasteiger partial charge in [0.1, 0.15) is 17.3 Å². The van der Waals surface area contributed by atoms with Gasteiger partial charge in [0.25, 0.3) is 0 Å². The second kappa shape index (κ2) is 10.7. The van der Waals surface area contributed by atoms with E-state index in [1.54, 1.807) is 0 Å². The average Bonchev–Trinajstić information content (AvgIpc) is 3.16. The van der Waals surface area contributed by atoms with Crippen LogP contribution < -0.4 is 15.5 Å². The Bertz CT molecular complexity index is 1160. The van der Waals surface area contributed by atoms with E-state index in [2.05, 4.69) is 47.6 Å². The van der Waals surface area contributed by atoms with Gasteiger partial charge in [0, 0.05) is 36.6 Å². The molecule has 2 N–H and O–H groups in total. The first-order valence-corrected chi connectivity index (χ1v) is 12.1. The number of anilines is 3. The fourth-order valence-corrected chi connectivity index (χ4v) is 4.37. The molecule has 0 unspecified atom stereocenters. The number of benzene rings is 1. The summed E-state index contributed by atoms with van der Waals surface area (Å²) in [6.07, 6.45) is 4.15. The molecule has 3 heterocycles. The SMILES string of the molecule is CCCc1cc(N2CCC[C@H](NCc3cc(C)c(C)o3)C2)nc(Nc2ccc(C)c(C#N)c2)n1. The van der Waals surface area contributed by atoms with E-state index in [1.807, 2.05) is 32.0 Å². The van der Waals surface area contributed by atoms with E-state index >= 15 is 0 Å².